The molecule has 0 fully saturated rings. The number of hydrogen-bond acceptors (Lipinski definition) is 2. The summed E-state index contributed by atoms with van der Waals surface area (Å²) in [4.78, 5) is 10.7. The van der Waals surface area contributed by atoms with E-state index in [-0.39, 0.29) is 5.78 Å². The molecule has 0 spiro atoms. The molecule has 0 amide bonds. The second-order valence-electron chi connectivity index (χ2n) is 6.47. The van der Waals surface area contributed by atoms with E-state index in [4.69, 9.17) is 0 Å². The van der Waals surface area contributed by atoms with Gasteiger partial charge in [-0.3, -0.25) is 4.79 Å². The molecule has 0 aliphatic rings. The Labute approximate surface area is 133 Å². The average molecular weight is 298 g/mol. The second-order valence-corrected chi connectivity index (χ2v) is 6.47. The first kappa shape index (κ1) is 20.6. The number of ketones is 1. The smallest absolute Gasteiger partial charge is 0.143 e. The molecular formula is C19H39NO. The summed E-state index contributed by atoms with van der Waals surface area (Å²) in [7, 11) is 0. The molecule has 0 atom stereocenters. The molecule has 0 aromatic rings. The molecular weight excluding hydrogens is 258 g/mol. The number of unbranched alkanes of at least 4 members (excludes halogenated alkanes) is 13. The van der Waals surface area contributed by atoms with Crippen LogP contribution in [0.1, 0.15) is 104 Å². The summed E-state index contributed by atoms with van der Waals surface area (Å²) in [5.41, 5.74) is 0. The maximum atomic E-state index is 10.7. The van der Waals surface area contributed by atoms with E-state index in [1.807, 2.05) is 0 Å². The standard InChI is InChI=1S/C19H39NO/c1-3-4-5-6-7-8-9-10-11-12-13-14-15-16-17-20-18-19(2)21/h20H,3-18H2,1-2H3. The minimum atomic E-state index is 0.236. The van der Waals surface area contributed by atoms with Gasteiger partial charge in [0.05, 0.1) is 6.54 Å². The Bertz CT molecular complexity index is 216. The minimum absolute atomic E-state index is 0.236. The van der Waals surface area contributed by atoms with E-state index in [0.29, 0.717) is 6.54 Å². The summed E-state index contributed by atoms with van der Waals surface area (Å²) in [6.45, 7) is 5.46. The topological polar surface area (TPSA) is 29.1 Å². The SMILES string of the molecule is CCCCCCCCCCCCCCCCNCC(C)=O. The van der Waals surface area contributed by atoms with Gasteiger partial charge in [0.15, 0.2) is 0 Å². The van der Waals surface area contributed by atoms with Crippen LogP contribution >= 0.6 is 0 Å². The summed E-state index contributed by atoms with van der Waals surface area (Å²) in [5.74, 6) is 0.236. The van der Waals surface area contributed by atoms with E-state index in [1.54, 1.807) is 6.92 Å². The molecule has 21 heavy (non-hydrogen) atoms. The van der Waals surface area contributed by atoms with Crippen molar-refractivity contribution in [1.29, 1.82) is 0 Å². The van der Waals surface area contributed by atoms with Gasteiger partial charge in [0.1, 0.15) is 5.78 Å². The summed E-state index contributed by atoms with van der Waals surface area (Å²) >= 11 is 0. The van der Waals surface area contributed by atoms with Gasteiger partial charge in [0.2, 0.25) is 0 Å². The van der Waals surface area contributed by atoms with Gasteiger partial charge < -0.3 is 5.32 Å². The van der Waals surface area contributed by atoms with Crippen LogP contribution in [-0.2, 0) is 4.79 Å². The lowest BCUT2D eigenvalue weighted by Gasteiger charge is -2.04. The van der Waals surface area contributed by atoms with Crippen molar-refractivity contribution in [2.45, 2.75) is 104 Å². The van der Waals surface area contributed by atoms with Crippen LogP contribution in [0, 0.1) is 0 Å². The van der Waals surface area contributed by atoms with Crippen molar-refractivity contribution in [2.75, 3.05) is 13.1 Å². The van der Waals surface area contributed by atoms with E-state index < -0.39 is 0 Å². The quantitative estimate of drug-likeness (QED) is 0.352. The Balaban J connectivity index is 2.95. The molecule has 0 saturated heterocycles. The monoisotopic (exact) mass is 297 g/mol. The molecule has 0 saturated carbocycles. The first-order valence-corrected chi connectivity index (χ1v) is 9.47. The first-order chi connectivity index (χ1) is 10.3. The fourth-order valence-corrected chi connectivity index (χ4v) is 2.71. The first-order valence-electron chi connectivity index (χ1n) is 9.47. The molecule has 0 rings (SSSR count). The van der Waals surface area contributed by atoms with Crippen molar-refractivity contribution in [3.63, 3.8) is 0 Å². The zero-order chi connectivity index (χ0) is 15.6. The summed E-state index contributed by atoms with van der Waals surface area (Å²) in [6, 6.07) is 0. The largest absolute Gasteiger partial charge is 0.310 e. The molecule has 0 aromatic carbocycles. The summed E-state index contributed by atoms with van der Waals surface area (Å²) in [5, 5.41) is 3.18. The Morgan fingerprint density at radius 3 is 1.43 bits per heavy atom. The number of hydrogen-bond donors (Lipinski definition) is 1. The highest BCUT2D eigenvalue weighted by atomic mass is 16.1. The van der Waals surface area contributed by atoms with Gasteiger partial charge in [-0.2, -0.15) is 0 Å². The lowest BCUT2D eigenvalue weighted by Crippen LogP contribution is -2.21. The Kier molecular flexibility index (Phi) is 17.4. The van der Waals surface area contributed by atoms with Crippen LogP contribution in [0.2, 0.25) is 0 Å². The minimum Gasteiger partial charge on any atom is -0.310 e. The zero-order valence-corrected chi connectivity index (χ0v) is 14.7. The van der Waals surface area contributed by atoms with Gasteiger partial charge in [-0.1, -0.05) is 90.4 Å². The molecule has 126 valence electrons. The molecule has 0 aromatic heterocycles. The Morgan fingerprint density at radius 2 is 1.05 bits per heavy atom. The Hall–Kier alpha value is -0.370. The highest BCUT2D eigenvalue weighted by Gasteiger charge is 1.95. The second kappa shape index (κ2) is 17.7. The number of Topliss-reactive ketones (excluding diaryl/α,β-unsaturated/α-hetero) is 1. The molecule has 2 nitrogen and oxygen atoms in total. The van der Waals surface area contributed by atoms with E-state index in [9.17, 15) is 4.79 Å². The fraction of sp³-hybridized carbons (Fsp3) is 0.947. The average Bonchev–Trinajstić information content (AvgIpc) is 2.46. The number of carbonyl (C=O) groups is 1. The van der Waals surface area contributed by atoms with Gasteiger partial charge >= 0.3 is 0 Å². The fourth-order valence-electron chi connectivity index (χ4n) is 2.71. The molecule has 0 aliphatic heterocycles. The van der Waals surface area contributed by atoms with Crippen LogP contribution < -0.4 is 5.32 Å². The molecule has 1 N–H and O–H groups in total. The predicted octanol–water partition coefficient (Wildman–Crippen LogP) is 5.65. The van der Waals surface area contributed by atoms with Crippen molar-refractivity contribution in [3.05, 3.63) is 0 Å². The molecule has 0 bridgehead atoms. The van der Waals surface area contributed by atoms with Gasteiger partial charge in [-0.25, -0.2) is 0 Å². The number of rotatable bonds is 17. The number of nitrogens with one attached hydrogen (secondary N) is 1. The third-order valence-electron chi connectivity index (χ3n) is 4.08. The number of carbonyl (C=O) groups excluding carboxylic acids is 1. The molecule has 0 heterocycles. The van der Waals surface area contributed by atoms with Crippen LogP contribution in [0.5, 0.6) is 0 Å². The van der Waals surface area contributed by atoms with E-state index in [2.05, 4.69) is 12.2 Å². The third-order valence-corrected chi connectivity index (χ3v) is 4.08. The maximum Gasteiger partial charge on any atom is 0.143 e. The van der Waals surface area contributed by atoms with Crippen LogP contribution in [-0.4, -0.2) is 18.9 Å². The van der Waals surface area contributed by atoms with Crippen molar-refractivity contribution in [1.82, 2.24) is 5.32 Å². The van der Waals surface area contributed by atoms with Crippen molar-refractivity contribution in [2.24, 2.45) is 0 Å². The van der Waals surface area contributed by atoms with E-state index >= 15 is 0 Å². The van der Waals surface area contributed by atoms with Crippen molar-refractivity contribution >= 4 is 5.78 Å². The van der Waals surface area contributed by atoms with E-state index in [0.717, 1.165) is 6.54 Å². The molecule has 0 unspecified atom stereocenters. The van der Waals surface area contributed by atoms with Gasteiger partial charge in [0, 0.05) is 0 Å². The Morgan fingerprint density at radius 1 is 0.667 bits per heavy atom. The normalized spacial score (nSPS) is 11.0. The summed E-state index contributed by atoms with van der Waals surface area (Å²) < 4.78 is 0. The van der Waals surface area contributed by atoms with Crippen LogP contribution in [0.4, 0.5) is 0 Å². The van der Waals surface area contributed by atoms with Crippen molar-refractivity contribution in [3.8, 4) is 0 Å². The third kappa shape index (κ3) is 19.6. The zero-order valence-electron chi connectivity index (χ0n) is 14.7. The van der Waals surface area contributed by atoms with Crippen molar-refractivity contribution < 1.29 is 4.79 Å². The maximum absolute atomic E-state index is 10.7. The lowest BCUT2D eigenvalue weighted by molar-refractivity contribution is -0.116. The van der Waals surface area contributed by atoms with Gasteiger partial charge in [0.25, 0.3) is 0 Å². The van der Waals surface area contributed by atoms with Gasteiger partial charge in [-0.15, -0.1) is 0 Å². The highest BCUT2D eigenvalue weighted by molar-refractivity contribution is 5.77. The lowest BCUT2D eigenvalue weighted by atomic mass is 10.0. The van der Waals surface area contributed by atoms with Gasteiger partial charge in [-0.05, 0) is 19.9 Å². The summed E-state index contributed by atoms with van der Waals surface area (Å²) in [6.07, 6.45) is 19.6. The van der Waals surface area contributed by atoms with E-state index in [1.165, 1.54) is 89.9 Å². The van der Waals surface area contributed by atoms with Crippen LogP contribution in [0.25, 0.3) is 0 Å². The van der Waals surface area contributed by atoms with Crippen LogP contribution in [0.15, 0.2) is 0 Å². The molecule has 0 aliphatic carbocycles. The molecule has 0 radical (unpaired) electrons. The highest BCUT2D eigenvalue weighted by Crippen LogP contribution is 2.12. The predicted molar refractivity (Wildman–Crippen MR) is 93.9 cm³/mol. The molecule has 2 heteroatoms. The van der Waals surface area contributed by atoms with Crippen LogP contribution in [0.3, 0.4) is 0 Å².